The average Bonchev–Trinajstić information content (AvgIpc) is 2.51. The van der Waals surface area contributed by atoms with Crippen molar-refractivity contribution in [3.63, 3.8) is 0 Å². The summed E-state index contributed by atoms with van der Waals surface area (Å²) in [5, 5.41) is 3.69. The highest BCUT2D eigenvalue weighted by molar-refractivity contribution is 7.92. The molecule has 8 heteroatoms. The van der Waals surface area contributed by atoms with E-state index >= 15 is 0 Å². The molecule has 0 aliphatic rings. The van der Waals surface area contributed by atoms with Gasteiger partial charge in [-0.2, -0.15) is 0 Å². The zero-order chi connectivity index (χ0) is 17.0. The summed E-state index contributed by atoms with van der Waals surface area (Å²) in [6.45, 7) is 4.11. The van der Waals surface area contributed by atoms with Crippen molar-refractivity contribution in [1.29, 1.82) is 0 Å². The van der Waals surface area contributed by atoms with Crippen LogP contribution in [0, 0.1) is 0 Å². The molecule has 2 aromatic rings. The number of benzene rings is 1. The molecule has 0 aliphatic carbocycles. The maximum atomic E-state index is 12.3. The van der Waals surface area contributed by atoms with Crippen molar-refractivity contribution in [2.45, 2.75) is 31.2 Å². The van der Waals surface area contributed by atoms with Gasteiger partial charge in [0.25, 0.3) is 10.0 Å². The molecule has 1 heterocycles. The van der Waals surface area contributed by atoms with Crippen molar-refractivity contribution in [2.24, 2.45) is 0 Å². The summed E-state index contributed by atoms with van der Waals surface area (Å²) in [5.74, 6) is 0.692. The molecule has 2 N–H and O–H groups in total. The Bertz CT molecular complexity index is 780. The van der Waals surface area contributed by atoms with Crippen molar-refractivity contribution < 1.29 is 8.42 Å². The minimum absolute atomic E-state index is 0.0358. The molecule has 0 aliphatic heterocycles. The zero-order valence-electron chi connectivity index (χ0n) is 12.7. The van der Waals surface area contributed by atoms with Gasteiger partial charge >= 0.3 is 0 Å². The number of pyridine rings is 1. The van der Waals surface area contributed by atoms with Crippen molar-refractivity contribution >= 4 is 44.7 Å². The number of sulfonamides is 1. The highest BCUT2D eigenvalue weighted by Gasteiger charge is 2.16. The fourth-order valence-corrected chi connectivity index (χ4v) is 3.18. The number of nitrogens with one attached hydrogen (secondary N) is 2. The van der Waals surface area contributed by atoms with E-state index in [1.54, 1.807) is 12.1 Å². The first-order valence-electron chi connectivity index (χ1n) is 7.02. The van der Waals surface area contributed by atoms with Gasteiger partial charge in [0, 0.05) is 6.04 Å². The van der Waals surface area contributed by atoms with Crippen LogP contribution in [-0.2, 0) is 10.0 Å². The summed E-state index contributed by atoms with van der Waals surface area (Å²) in [6, 6.07) is 7.80. The van der Waals surface area contributed by atoms with Gasteiger partial charge in [-0.05, 0) is 43.7 Å². The Labute approximate surface area is 146 Å². The van der Waals surface area contributed by atoms with E-state index in [2.05, 4.69) is 21.9 Å². The second kappa shape index (κ2) is 7.38. The van der Waals surface area contributed by atoms with Gasteiger partial charge in [-0.1, -0.05) is 30.1 Å². The van der Waals surface area contributed by atoms with Gasteiger partial charge in [-0.15, -0.1) is 0 Å². The highest BCUT2D eigenvalue weighted by Crippen LogP contribution is 2.26. The van der Waals surface area contributed by atoms with Crippen LogP contribution >= 0.6 is 23.2 Å². The molecule has 124 valence electrons. The van der Waals surface area contributed by atoms with Gasteiger partial charge in [0.1, 0.15) is 5.82 Å². The number of anilines is 2. The molecule has 0 saturated carbocycles. The minimum Gasteiger partial charge on any atom is -0.368 e. The van der Waals surface area contributed by atoms with E-state index in [1.165, 1.54) is 24.4 Å². The molecule has 2 rings (SSSR count). The van der Waals surface area contributed by atoms with Crippen molar-refractivity contribution in [3.05, 3.63) is 46.6 Å². The molecule has 0 saturated heterocycles. The summed E-state index contributed by atoms with van der Waals surface area (Å²) in [5.41, 5.74) is 0.366. The van der Waals surface area contributed by atoms with Crippen molar-refractivity contribution in [1.82, 2.24) is 4.98 Å². The fourth-order valence-electron chi connectivity index (χ4n) is 1.75. The van der Waals surface area contributed by atoms with Crippen molar-refractivity contribution in [2.75, 3.05) is 10.0 Å². The first-order valence-corrected chi connectivity index (χ1v) is 9.26. The topological polar surface area (TPSA) is 71.1 Å². The molecular formula is C15H17Cl2N3O2S. The first kappa shape index (κ1) is 17.8. The molecular weight excluding hydrogens is 357 g/mol. The molecule has 0 fully saturated rings. The average molecular weight is 374 g/mol. The second-order valence-corrected chi connectivity index (χ2v) is 7.56. The maximum absolute atomic E-state index is 12.3. The van der Waals surface area contributed by atoms with Gasteiger partial charge in [-0.25, -0.2) is 13.4 Å². The summed E-state index contributed by atoms with van der Waals surface area (Å²) in [7, 11) is -3.75. The van der Waals surface area contributed by atoms with Crippen LogP contribution in [0.5, 0.6) is 0 Å². The summed E-state index contributed by atoms with van der Waals surface area (Å²) >= 11 is 11.7. The number of halogens is 2. The summed E-state index contributed by atoms with van der Waals surface area (Å²) < 4.78 is 27.1. The monoisotopic (exact) mass is 373 g/mol. The fraction of sp³-hybridized carbons (Fsp3) is 0.267. The number of hydrogen-bond acceptors (Lipinski definition) is 4. The Kier molecular flexibility index (Phi) is 5.73. The smallest absolute Gasteiger partial charge is 0.261 e. The van der Waals surface area contributed by atoms with Crippen LogP contribution in [0.3, 0.4) is 0 Å². The van der Waals surface area contributed by atoms with Crippen LogP contribution in [-0.4, -0.2) is 19.4 Å². The standard InChI is InChI=1S/C15H17Cl2N3O2S/c1-3-10(2)19-15-7-4-11(9-18-15)20-23(21,22)12-5-6-13(16)14(17)8-12/h4-10,20H,3H2,1-2H3,(H,18,19). The summed E-state index contributed by atoms with van der Waals surface area (Å²) in [6.07, 6.45) is 2.42. The lowest BCUT2D eigenvalue weighted by Crippen LogP contribution is -2.15. The Morgan fingerprint density at radius 1 is 1.17 bits per heavy atom. The molecule has 5 nitrogen and oxygen atoms in total. The van der Waals surface area contributed by atoms with Crippen LogP contribution in [0.1, 0.15) is 20.3 Å². The summed E-state index contributed by atoms with van der Waals surface area (Å²) in [4.78, 5) is 4.23. The van der Waals surface area contributed by atoms with Gasteiger partial charge < -0.3 is 5.32 Å². The van der Waals surface area contributed by atoms with Gasteiger partial charge in [-0.3, -0.25) is 4.72 Å². The van der Waals surface area contributed by atoms with E-state index in [0.717, 1.165) is 6.42 Å². The Hall–Kier alpha value is -1.50. The van der Waals surface area contributed by atoms with Gasteiger partial charge in [0.05, 0.1) is 26.8 Å². The van der Waals surface area contributed by atoms with E-state index in [0.29, 0.717) is 22.6 Å². The lowest BCUT2D eigenvalue weighted by Gasteiger charge is -2.13. The quantitative estimate of drug-likeness (QED) is 0.786. The number of rotatable bonds is 6. The number of hydrogen-bond donors (Lipinski definition) is 2. The largest absolute Gasteiger partial charge is 0.368 e. The van der Waals surface area contributed by atoms with Crippen molar-refractivity contribution in [3.8, 4) is 0 Å². The normalized spacial score (nSPS) is 12.7. The predicted octanol–water partition coefficient (Wildman–Crippen LogP) is 4.40. The predicted molar refractivity (Wildman–Crippen MR) is 94.9 cm³/mol. The molecule has 1 unspecified atom stereocenters. The molecule has 0 bridgehead atoms. The third-order valence-electron chi connectivity index (χ3n) is 3.22. The lowest BCUT2D eigenvalue weighted by atomic mass is 10.2. The van der Waals surface area contributed by atoms with Crippen LogP contribution in [0.25, 0.3) is 0 Å². The van der Waals surface area contributed by atoms with Gasteiger partial charge in [0.2, 0.25) is 0 Å². The third-order valence-corrected chi connectivity index (χ3v) is 5.34. The third kappa shape index (κ3) is 4.73. The van der Waals surface area contributed by atoms with Crippen LogP contribution in [0.15, 0.2) is 41.4 Å². The Morgan fingerprint density at radius 2 is 1.91 bits per heavy atom. The van der Waals surface area contributed by atoms with Crippen LogP contribution in [0.2, 0.25) is 10.0 Å². The van der Waals surface area contributed by atoms with E-state index < -0.39 is 10.0 Å². The van der Waals surface area contributed by atoms with E-state index in [1.807, 2.05) is 6.92 Å². The molecule has 0 spiro atoms. The van der Waals surface area contributed by atoms with E-state index in [-0.39, 0.29) is 9.92 Å². The molecule has 1 aromatic carbocycles. The Balaban J connectivity index is 2.15. The van der Waals surface area contributed by atoms with E-state index in [4.69, 9.17) is 23.2 Å². The Morgan fingerprint density at radius 3 is 2.48 bits per heavy atom. The van der Waals surface area contributed by atoms with Gasteiger partial charge in [0.15, 0.2) is 0 Å². The first-order chi connectivity index (χ1) is 10.8. The maximum Gasteiger partial charge on any atom is 0.261 e. The molecule has 0 amide bonds. The second-order valence-electron chi connectivity index (χ2n) is 5.07. The molecule has 1 atom stereocenters. The van der Waals surface area contributed by atoms with Crippen LogP contribution in [0.4, 0.5) is 11.5 Å². The molecule has 0 radical (unpaired) electrons. The molecule has 1 aromatic heterocycles. The highest BCUT2D eigenvalue weighted by atomic mass is 35.5. The SMILES string of the molecule is CCC(C)Nc1ccc(NS(=O)(=O)c2ccc(Cl)c(Cl)c2)cn1. The number of nitrogens with zero attached hydrogens (tertiary/aromatic N) is 1. The lowest BCUT2D eigenvalue weighted by molar-refractivity contribution is 0.601. The van der Waals surface area contributed by atoms with Crippen LogP contribution < -0.4 is 10.0 Å². The minimum atomic E-state index is -3.75. The van der Waals surface area contributed by atoms with E-state index in [9.17, 15) is 8.42 Å². The number of aromatic nitrogens is 1. The zero-order valence-corrected chi connectivity index (χ0v) is 15.0. The molecule has 23 heavy (non-hydrogen) atoms.